The van der Waals surface area contributed by atoms with Gasteiger partial charge in [0.1, 0.15) is 10.6 Å². The van der Waals surface area contributed by atoms with Crippen molar-refractivity contribution in [1.29, 1.82) is 0 Å². The average molecular weight is 311 g/mol. The summed E-state index contributed by atoms with van der Waals surface area (Å²) in [6.07, 6.45) is 0. The molecule has 0 saturated carbocycles. The van der Waals surface area contributed by atoms with Crippen LogP contribution in [0.25, 0.3) is 0 Å². The number of nitrogens with zero attached hydrogens (tertiary/aromatic N) is 1. The Bertz CT molecular complexity index is 643. The number of thiophene rings is 1. The van der Waals surface area contributed by atoms with E-state index >= 15 is 0 Å². The Morgan fingerprint density at radius 2 is 2.20 bits per heavy atom. The van der Waals surface area contributed by atoms with Crippen molar-refractivity contribution in [3.63, 3.8) is 0 Å². The molecular weight excluding hydrogens is 300 g/mol. The summed E-state index contributed by atoms with van der Waals surface area (Å²) in [5.41, 5.74) is 0.543. The van der Waals surface area contributed by atoms with Crippen molar-refractivity contribution in [2.75, 3.05) is 0 Å². The van der Waals surface area contributed by atoms with E-state index in [1.165, 1.54) is 29.5 Å². The molecule has 0 aliphatic rings. The maximum absolute atomic E-state index is 12.2. The Kier molecular flexibility index (Phi) is 4.36. The van der Waals surface area contributed by atoms with Gasteiger partial charge in [-0.3, -0.25) is 14.9 Å². The molecule has 0 aliphatic carbocycles. The minimum absolute atomic E-state index is 0.0374. The second-order valence-corrected chi connectivity index (χ2v) is 5.33. The van der Waals surface area contributed by atoms with Gasteiger partial charge in [0.2, 0.25) is 0 Å². The van der Waals surface area contributed by atoms with E-state index in [9.17, 15) is 14.9 Å². The van der Waals surface area contributed by atoms with Crippen LogP contribution in [0, 0.1) is 10.1 Å². The molecule has 1 atom stereocenters. The van der Waals surface area contributed by atoms with Crippen LogP contribution in [0.4, 0.5) is 5.69 Å². The normalized spacial score (nSPS) is 11.9. The first kappa shape index (κ1) is 14.5. The highest BCUT2D eigenvalue weighted by molar-refractivity contribution is 7.07. The topological polar surface area (TPSA) is 72.2 Å². The summed E-state index contributed by atoms with van der Waals surface area (Å²) in [4.78, 5) is 22.5. The molecule has 20 heavy (non-hydrogen) atoms. The Labute approximate surface area is 124 Å². The van der Waals surface area contributed by atoms with Crippen LogP contribution in [-0.2, 0) is 0 Å². The molecule has 0 aliphatic heterocycles. The summed E-state index contributed by atoms with van der Waals surface area (Å²) in [6, 6.07) is 5.95. The smallest absolute Gasteiger partial charge is 0.300 e. The molecule has 0 spiro atoms. The van der Waals surface area contributed by atoms with Crippen molar-refractivity contribution in [3.8, 4) is 0 Å². The summed E-state index contributed by atoms with van der Waals surface area (Å²) < 4.78 is 0. The van der Waals surface area contributed by atoms with Crippen LogP contribution in [-0.4, -0.2) is 10.8 Å². The third-order valence-electron chi connectivity index (χ3n) is 2.80. The van der Waals surface area contributed by atoms with Crippen molar-refractivity contribution < 1.29 is 9.72 Å². The van der Waals surface area contributed by atoms with Gasteiger partial charge >= 0.3 is 5.69 Å². The number of nitrogens with one attached hydrogen (secondary N) is 1. The van der Waals surface area contributed by atoms with Crippen molar-refractivity contribution in [2.24, 2.45) is 0 Å². The summed E-state index contributed by atoms with van der Waals surface area (Å²) in [7, 11) is 0. The fraction of sp³-hybridized carbons (Fsp3) is 0.154. The van der Waals surface area contributed by atoms with E-state index in [1.807, 2.05) is 23.8 Å². The van der Waals surface area contributed by atoms with Gasteiger partial charge in [-0.2, -0.15) is 11.3 Å². The molecule has 1 amide bonds. The van der Waals surface area contributed by atoms with Crippen LogP contribution in [0.2, 0.25) is 5.02 Å². The number of halogens is 1. The molecule has 1 aromatic carbocycles. The first-order chi connectivity index (χ1) is 9.50. The molecule has 7 heteroatoms. The molecule has 5 nitrogen and oxygen atoms in total. The summed E-state index contributed by atoms with van der Waals surface area (Å²) in [6.45, 7) is 1.82. The van der Waals surface area contributed by atoms with Gasteiger partial charge in [0.15, 0.2) is 0 Å². The van der Waals surface area contributed by atoms with E-state index in [1.54, 1.807) is 0 Å². The molecular formula is C13H11ClN2O3S. The van der Waals surface area contributed by atoms with Gasteiger partial charge in [0, 0.05) is 0 Å². The van der Waals surface area contributed by atoms with Crippen LogP contribution < -0.4 is 5.32 Å². The van der Waals surface area contributed by atoms with Gasteiger partial charge in [0.25, 0.3) is 5.91 Å². The Morgan fingerprint density at radius 1 is 1.45 bits per heavy atom. The van der Waals surface area contributed by atoms with Gasteiger partial charge in [-0.25, -0.2) is 0 Å². The summed E-state index contributed by atoms with van der Waals surface area (Å²) >= 11 is 7.31. The van der Waals surface area contributed by atoms with Gasteiger partial charge in [-0.05, 0) is 41.4 Å². The van der Waals surface area contributed by atoms with E-state index < -0.39 is 10.8 Å². The number of hydrogen-bond acceptors (Lipinski definition) is 4. The van der Waals surface area contributed by atoms with Crippen molar-refractivity contribution in [1.82, 2.24) is 5.32 Å². The fourth-order valence-corrected chi connectivity index (χ4v) is 2.76. The number of nitro benzene ring substituents is 1. The number of para-hydroxylation sites is 1. The molecule has 1 heterocycles. The maximum Gasteiger partial charge on any atom is 0.300 e. The van der Waals surface area contributed by atoms with E-state index in [4.69, 9.17) is 11.6 Å². The van der Waals surface area contributed by atoms with Crippen molar-refractivity contribution in [2.45, 2.75) is 13.0 Å². The molecule has 0 fully saturated rings. The average Bonchev–Trinajstić information content (AvgIpc) is 2.91. The Morgan fingerprint density at radius 3 is 2.80 bits per heavy atom. The van der Waals surface area contributed by atoms with Crippen LogP contribution in [0.3, 0.4) is 0 Å². The van der Waals surface area contributed by atoms with Crippen LogP contribution in [0.1, 0.15) is 28.9 Å². The SMILES string of the molecule is CC(NC(=O)c1cccc(Cl)c1[N+](=O)[O-])c1ccsc1. The first-order valence-corrected chi connectivity index (χ1v) is 7.08. The number of rotatable bonds is 4. The van der Waals surface area contributed by atoms with Gasteiger partial charge in [-0.1, -0.05) is 17.7 Å². The zero-order valence-electron chi connectivity index (χ0n) is 10.5. The van der Waals surface area contributed by atoms with E-state index in [2.05, 4.69) is 5.32 Å². The zero-order valence-corrected chi connectivity index (χ0v) is 12.1. The second-order valence-electron chi connectivity index (χ2n) is 4.14. The van der Waals surface area contributed by atoms with Crippen molar-refractivity contribution in [3.05, 3.63) is 61.3 Å². The number of carbonyl (C=O) groups is 1. The van der Waals surface area contributed by atoms with E-state index in [0.29, 0.717) is 0 Å². The predicted molar refractivity (Wildman–Crippen MR) is 78.3 cm³/mol. The molecule has 0 radical (unpaired) electrons. The minimum atomic E-state index is -0.646. The molecule has 0 saturated heterocycles. The molecule has 1 aromatic heterocycles. The lowest BCUT2D eigenvalue weighted by Crippen LogP contribution is -2.27. The molecule has 104 valence electrons. The Balaban J connectivity index is 2.26. The molecule has 0 bridgehead atoms. The van der Waals surface area contributed by atoms with E-state index in [0.717, 1.165) is 5.56 Å². The second kappa shape index (κ2) is 6.02. The summed E-state index contributed by atoms with van der Waals surface area (Å²) in [5, 5.41) is 17.5. The molecule has 2 rings (SSSR count). The Hall–Kier alpha value is -1.92. The quantitative estimate of drug-likeness (QED) is 0.689. The largest absolute Gasteiger partial charge is 0.345 e. The zero-order chi connectivity index (χ0) is 14.7. The third kappa shape index (κ3) is 2.97. The van der Waals surface area contributed by atoms with Gasteiger partial charge in [-0.15, -0.1) is 0 Å². The predicted octanol–water partition coefficient (Wildman–Crippen LogP) is 3.80. The number of benzene rings is 1. The third-order valence-corrected chi connectivity index (χ3v) is 3.81. The lowest BCUT2D eigenvalue weighted by atomic mass is 10.1. The lowest BCUT2D eigenvalue weighted by molar-refractivity contribution is -0.385. The molecule has 1 N–H and O–H groups in total. The van der Waals surface area contributed by atoms with Crippen molar-refractivity contribution >= 4 is 34.5 Å². The van der Waals surface area contributed by atoms with Gasteiger partial charge in [0.05, 0.1) is 11.0 Å². The highest BCUT2D eigenvalue weighted by Gasteiger charge is 2.24. The summed E-state index contributed by atoms with van der Waals surface area (Å²) in [5.74, 6) is -0.516. The number of amides is 1. The highest BCUT2D eigenvalue weighted by Crippen LogP contribution is 2.28. The van der Waals surface area contributed by atoms with Gasteiger partial charge < -0.3 is 5.32 Å². The number of carbonyl (C=O) groups excluding carboxylic acids is 1. The molecule has 2 aromatic rings. The minimum Gasteiger partial charge on any atom is -0.345 e. The highest BCUT2D eigenvalue weighted by atomic mass is 35.5. The maximum atomic E-state index is 12.2. The molecule has 1 unspecified atom stereocenters. The standard InChI is InChI=1S/C13H11ClN2O3S/c1-8(9-5-6-20-7-9)15-13(17)10-3-2-4-11(14)12(10)16(18)19/h2-8H,1H3,(H,15,17). The monoisotopic (exact) mass is 310 g/mol. The van der Waals surface area contributed by atoms with Crippen LogP contribution in [0.5, 0.6) is 0 Å². The van der Waals surface area contributed by atoms with Crippen LogP contribution in [0.15, 0.2) is 35.0 Å². The van der Waals surface area contributed by atoms with E-state index in [-0.39, 0.29) is 22.3 Å². The number of hydrogen-bond donors (Lipinski definition) is 1. The first-order valence-electron chi connectivity index (χ1n) is 5.76. The number of nitro groups is 1. The fourth-order valence-electron chi connectivity index (χ4n) is 1.76. The van der Waals surface area contributed by atoms with Crippen LogP contribution >= 0.6 is 22.9 Å². The lowest BCUT2D eigenvalue weighted by Gasteiger charge is -2.12.